The van der Waals surface area contributed by atoms with E-state index in [9.17, 15) is 4.79 Å². The number of amides is 1. The summed E-state index contributed by atoms with van der Waals surface area (Å²) in [6.07, 6.45) is 3.06. The molecule has 1 saturated heterocycles. The molecule has 1 unspecified atom stereocenters. The average molecular weight is 252 g/mol. The lowest BCUT2D eigenvalue weighted by molar-refractivity contribution is -0.128. The van der Waals surface area contributed by atoms with Crippen molar-refractivity contribution in [1.82, 2.24) is 15.5 Å². The Morgan fingerprint density at radius 2 is 2.00 bits per heavy atom. The summed E-state index contributed by atoms with van der Waals surface area (Å²) in [7, 11) is 0. The second-order valence-electron chi connectivity index (χ2n) is 5.10. The van der Waals surface area contributed by atoms with Crippen LogP contribution in [0.4, 0.5) is 0 Å². The molecule has 5 heteroatoms. The number of carbonyl (C=O) groups excluding carboxylic acids is 1. The van der Waals surface area contributed by atoms with Crippen LogP contribution in [0.3, 0.4) is 0 Å². The predicted molar refractivity (Wildman–Crippen MR) is 72.5 cm³/mol. The van der Waals surface area contributed by atoms with Crippen LogP contribution in [0, 0.1) is 5.92 Å². The average Bonchev–Trinajstić information content (AvgIpc) is 3.11. The molecule has 1 aliphatic heterocycles. The van der Waals surface area contributed by atoms with Gasteiger partial charge in [-0.15, -0.1) is 0 Å². The van der Waals surface area contributed by atoms with Crippen LogP contribution in [-0.4, -0.2) is 49.0 Å². The van der Waals surface area contributed by atoms with E-state index >= 15 is 0 Å². The fraction of sp³-hybridized carbons (Fsp3) is 0.846. The Morgan fingerprint density at radius 1 is 1.33 bits per heavy atom. The zero-order chi connectivity index (χ0) is 13.0. The molecule has 1 heterocycles. The quantitative estimate of drug-likeness (QED) is 0.555. The molecule has 1 aliphatic carbocycles. The minimum Gasteiger partial charge on any atom is -0.357 e. The third kappa shape index (κ3) is 3.37. The Kier molecular flexibility index (Phi) is 4.44. The number of nitrogens with zero attached hydrogens (tertiary/aromatic N) is 2. The van der Waals surface area contributed by atoms with E-state index in [4.69, 9.17) is 0 Å². The Balaban J connectivity index is 1.82. The van der Waals surface area contributed by atoms with Gasteiger partial charge in [-0.1, -0.05) is 0 Å². The van der Waals surface area contributed by atoms with E-state index in [1.807, 2.05) is 0 Å². The minimum absolute atomic E-state index is 0.325. The molecule has 102 valence electrons. The van der Waals surface area contributed by atoms with Crippen molar-refractivity contribution in [3.05, 3.63) is 0 Å². The van der Waals surface area contributed by atoms with Crippen molar-refractivity contribution in [3.63, 3.8) is 0 Å². The predicted octanol–water partition coefficient (Wildman–Crippen LogP) is 0.572. The smallest absolute Gasteiger partial charge is 0.223 e. The van der Waals surface area contributed by atoms with Gasteiger partial charge in [-0.2, -0.15) is 0 Å². The molecular formula is C13H24N4O. The van der Waals surface area contributed by atoms with Crippen molar-refractivity contribution in [1.29, 1.82) is 0 Å². The Morgan fingerprint density at radius 3 is 2.56 bits per heavy atom. The molecule has 1 amide bonds. The monoisotopic (exact) mass is 252 g/mol. The molecule has 0 aromatic heterocycles. The summed E-state index contributed by atoms with van der Waals surface area (Å²) in [6, 6.07) is 0.550. The Hall–Kier alpha value is -1.26. The highest BCUT2D eigenvalue weighted by Crippen LogP contribution is 2.32. The fourth-order valence-corrected chi connectivity index (χ4v) is 2.40. The maximum Gasteiger partial charge on any atom is 0.223 e. The van der Waals surface area contributed by atoms with Crippen LogP contribution in [0.5, 0.6) is 0 Å². The molecule has 2 rings (SSSR count). The van der Waals surface area contributed by atoms with Crippen molar-refractivity contribution in [2.45, 2.75) is 39.2 Å². The molecule has 0 radical (unpaired) electrons. The van der Waals surface area contributed by atoms with Gasteiger partial charge in [0.15, 0.2) is 5.96 Å². The van der Waals surface area contributed by atoms with Crippen molar-refractivity contribution >= 4 is 11.9 Å². The molecule has 18 heavy (non-hydrogen) atoms. The number of hydrogen-bond acceptors (Lipinski definition) is 2. The first kappa shape index (κ1) is 13.2. The lowest BCUT2D eigenvalue weighted by Gasteiger charge is -2.15. The molecule has 5 nitrogen and oxygen atoms in total. The van der Waals surface area contributed by atoms with Crippen molar-refractivity contribution in [2.75, 3.05) is 26.2 Å². The van der Waals surface area contributed by atoms with Gasteiger partial charge in [0.1, 0.15) is 0 Å². The van der Waals surface area contributed by atoms with Crippen LogP contribution in [-0.2, 0) is 4.79 Å². The van der Waals surface area contributed by atoms with E-state index in [1.54, 1.807) is 0 Å². The number of hydrogen-bond donors (Lipinski definition) is 2. The summed E-state index contributed by atoms with van der Waals surface area (Å²) in [5.74, 6) is 1.58. The first-order valence-electron chi connectivity index (χ1n) is 7.06. The normalized spacial score (nSPS) is 23.1. The van der Waals surface area contributed by atoms with Gasteiger partial charge in [0, 0.05) is 44.6 Å². The molecule has 1 atom stereocenters. The highest BCUT2D eigenvalue weighted by atomic mass is 16.2. The second-order valence-corrected chi connectivity index (χ2v) is 5.10. The van der Waals surface area contributed by atoms with Gasteiger partial charge in [-0.3, -0.25) is 9.79 Å². The number of guanidine groups is 1. The summed E-state index contributed by atoms with van der Waals surface area (Å²) < 4.78 is 0. The fourth-order valence-electron chi connectivity index (χ4n) is 2.40. The van der Waals surface area contributed by atoms with E-state index in [0.29, 0.717) is 24.3 Å². The first-order valence-corrected chi connectivity index (χ1v) is 7.06. The van der Waals surface area contributed by atoms with Gasteiger partial charge in [-0.25, -0.2) is 0 Å². The lowest BCUT2D eigenvalue weighted by Crippen LogP contribution is -2.37. The van der Waals surface area contributed by atoms with E-state index in [2.05, 4.69) is 34.4 Å². The molecule has 2 fully saturated rings. The number of likely N-dealkylation sites (tertiary alicyclic amines) is 1. The molecule has 0 bridgehead atoms. The van der Waals surface area contributed by atoms with Crippen molar-refractivity contribution < 1.29 is 4.79 Å². The summed E-state index contributed by atoms with van der Waals surface area (Å²) >= 11 is 0. The Bertz CT molecular complexity index is 317. The zero-order valence-electron chi connectivity index (χ0n) is 11.4. The summed E-state index contributed by atoms with van der Waals surface area (Å²) in [4.78, 5) is 18.4. The SMILES string of the molecule is CCNC(=NCC1CC(=O)N(C2CC2)C1)NCC. The van der Waals surface area contributed by atoms with Crippen molar-refractivity contribution in [3.8, 4) is 0 Å². The highest BCUT2D eigenvalue weighted by Gasteiger charge is 2.39. The standard InChI is InChI=1S/C13H24N4O/c1-3-14-13(15-4-2)16-8-10-7-12(18)17(9-10)11-5-6-11/h10-11H,3-9H2,1-2H3,(H2,14,15,16). The summed E-state index contributed by atoms with van der Waals surface area (Å²) in [6.45, 7) is 7.48. The first-order chi connectivity index (χ1) is 8.74. The van der Waals surface area contributed by atoms with Crippen LogP contribution in [0.2, 0.25) is 0 Å². The van der Waals surface area contributed by atoms with Gasteiger partial charge in [-0.05, 0) is 26.7 Å². The summed E-state index contributed by atoms with van der Waals surface area (Å²) in [5, 5.41) is 6.41. The lowest BCUT2D eigenvalue weighted by atomic mass is 10.1. The van der Waals surface area contributed by atoms with E-state index in [1.165, 1.54) is 12.8 Å². The number of aliphatic imine (C=N–C) groups is 1. The number of rotatable bonds is 5. The molecular weight excluding hydrogens is 228 g/mol. The van der Waals surface area contributed by atoms with Crippen LogP contribution in [0.25, 0.3) is 0 Å². The van der Waals surface area contributed by atoms with E-state index < -0.39 is 0 Å². The van der Waals surface area contributed by atoms with E-state index in [-0.39, 0.29) is 0 Å². The third-order valence-corrected chi connectivity index (χ3v) is 3.42. The number of carbonyl (C=O) groups is 1. The molecule has 0 spiro atoms. The van der Waals surface area contributed by atoms with Gasteiger partial charge in [0.2, 0.25) is 5.91 Å². The largest absolute Gasteiger partial charge is 0.357 e. The molecule has 1 saturated carbocycles. The van der Waals surface area contributed by atoms with Gasteiger partial charge >= 0.3 is 0 Å². The third-order valence-electron chi connectivity index (χ3n) is 3.42. The maximum absolute atomic E-state index is 11.8. The van der Waals surface area contributed by atoms with Gasteiger partial charge < -0.3 is 15.5 Å². The van der Waals surface area contributed by atoms with Crippen LogP contribution < -0.4 is 10.6 Å². The van der Waals surface area contributed by atoms with E-state index in [0.717, 1.165) is 32.1 Å². The van der Waals surface area contributed by atoms with Gasteiger partial charge in [0.05, 0.1) is 0 Å². The van der Waals surface area contributed by atoms with Crippen LogP contribution in [0.15, 0.2) is 4.99 Å². The molecule has 2 N–H and O–H groups in total. The second kappa shape index (κ2) is 6.07. The maximum atomic E-state index is 11.8. The zero-order valence-corrected chi connectivity index (χ0v) is 11.4. The highest BCUT2D eigenvalue weighted by molar-refractivity contribution is 5.80. The summed E-state index contributed by atoms with van der Waals surface area (Å²) in [5.41, 5.74) is 0. The van der Waals surface area contributed by atoms with Crippen LogP contribution >= 0.6 is 0 Å². The Labute approximate surface area is 109 Å². The van der Waals surface area contributed by atoms with Crippen LogP contribution in [0.1, 0.15) is 33.1 Å². The topological polar surface area (TPSA) is 56.7 Å². The minimum atomic E-state index is 0.325. The molecule has 0 aromatic carbocycles. The number of nitrogens with one attached hydrogen (secondary N) is 2. The van der Waals surface area contributed by atoms with Gasteiger partial charge in [0.25, 0.3) is 0 Å². The molecule has 2 aliphatic rings. The van der Waals surface area contributed by atoms with Crippen molar-refractivity contribution in [2.24, 2.45) is 10.9 Å². The molecule has 0 aromatic rings.